The number of allylic oxidation sites excluding steroid dienone is 2. The molecule has 0 N–H and O–H groups in total. The highest BCUT2D eigenvalue weighted by Crippen LogP contribution is 2.44. The smallest absolute Gasteiger partial charge is 0.213 e. The number of aromatic nitrogens is 1. The molecule has 0 atom stereocenters. The van der Waals surface area contributed by atoms with E-state index in [9.17, 15) is 0 Å². The molecular formula is C30H40N4S+2. The zero-order valence-corrected chi connectivity index (χ0v) is 22.8. The molecular weight excluding hydrogens is 448 g/mol. The van der Waals surface area contributed by atoms with Gasteiger partial charge in [0.1, 0.15) is 0 Å². The number of hydrogen-bond donors (Lipinski definition) is 0. The standard InChI is InChI=1S/C30H40N4S/c1-31(2)20-11-23-34(4,5)24-12-21-33-22-19-25(26-14-6-7-15-27(26)33)13-10-18-30-32(3)28-16-8-9-17-29(28)35-30/h6-10,13-19,22H,11-12,20-21,23-24H2,1-5H3/q+2. The summed E-state index contributed by atoms with van der Waals surface area (Å²) in [4.78, 5) is 5.86. The van der Waals surface area contributed by atoms with Crippen molar-refractivity contribution in [3.8, 4) is 0 Å². The van der Waals surface area contributed by atoms with Crippen LogP contribution < -0.4 is 9.47 Å². The third-order valence-electron chi connectivity index (χ3n) is 6.78. The normalized spacial score (nSPS) is 15.1. The summed E-state index contributed by atoms with van der Waals surface area (Å²) in [6.45, 7) is 4.62. The van der Waals surface area contributed by atoms with Gasteiger partial charge in [-0.2, -0.15) is 4.57 Å². The lowest BCUT2D eigenvalue weighted by Gasteiger charge is -2.30. The number of anilines is 1. The van der Waals surface area contributed by atoms with Crippen molar-refractivity contribution in [3.05, 3.63) is 83.5 Å². The van der Waals surface area contributed by atoms with Crippen LogP contribution in [0.25, 0.3) is 17.0 Å². The number of pyridine rings is 1. The number of rotatable bonds is 10. The van der Waals surface area contributed by atoms with Crippen molar-refractivity contribution >= 4 is 34.4 Å². The fourth-order valence-electron chi connectivity index (χ4n) is 4.75. The zero-order valence-electron chi connectivity index (χ0n) is 21.9. The van der Waals surface area contributed by atoms with E-state index in [2.05, 4.69) is 129 Å². The lowest BCUT2D eigenvalue weighted by atomic mass is 10.1. The molecule has 4 nitrogen and oxygen atoms in total. The summed E-state index contributed by atoms with van der Waals surface area (Å²) in [7, 11) is 11.2. The van der Waals surface area contributed by atoms with Crippen LogP contribution in [0, 0.1) is 0 Å². The largest absolute Gasteiger partial charge is 0.338 e. The zero-order chi connectivity index (χ0) is 24.8. The highest BCUT2D eigenvalue weighted by molar-refractivity contribution is 8.03. The van der Waals surface area contributed by atoms with E-state index >= 15 is 0 Å². The molecule has 3 aromatic rings. The summed E-state index contributed by atoms with van der Waals surface area (Å²) in [5, 5.41) is 2.56. The molecule has 35 heavy (non-hydrogen) atoms. The molecule has 2 heterocycles. The molecule has 5 heteroatoms. The van der Waals surface area contributed by atoms with Crippen LogP contribution in [0.1, 0.15) is 18.4 Å². The molecule has 0 saturated heterocycles. The topological polar surface area (TPSA) is 10.4 Å². The van der Waals surface area contributed by atoms with Gasteiger partial charge in [0.15, 0.2) is 12.7 Å². The van der Waals surface area contributed by atoms with Crippen LogP contribution in [0.15, 0.2) is 82.9 Å². The Balaban J connectivity index is 1.43. The van der Waals surface area contributed by atoms with Gasteiger partial charge in [-0.05, 0) is 43.9 Å². The Bertz CT molecular complexity index is 1210. The molecule has 0 aliphatic carbocycles. The third kappa shape index (κ3) is 6.54. The van der Waals surface area contributed by atoms with E-state index in [1.165, 1.54) is 58.0 Å². The van der Waals surface area contributed by atoms with Gasteiger partial charge in [0.25, 0.3) is 0 Å². The van der Waals surface area contributed by atoms with Crippen LogP contribution in [0.3, 0.4) is 0 Å². The quantitative estimate of drug-likeness (QED) is 0.270. The monoisotopic (exact) mass is 488 g/mol. The van der Waals surface area contributed by atoms with Crippen molar-refractivity contribution in [1.29, 1.82) is 0 Å². The molecule has 0 unspecified atom stereocenters. The first kappa shape index (κ1) is 25.5. The first-order valence-electron chi connectivity index (χ1n) is 12.6. The van der Waals surface area contributed by atoms with E-state index in [1.54, 1.807) is 0 Å². The second-order valence-corrected chi connectivity index (χ2v) is 11.4. The lowest BCUT2D eigenvalue weighted by Crippen LogP contribution is -2.44. The fraction of sp³-hybridized carbons (Fsp3) is 0.367. The maximum Gasteiger partial charge on any atom is 0.213 e. The van der Waals surface area contributed by atoms with Crippen molar-refractivity contribution < 1.29 is 9.05 Å². The number of thioether (sulfide) groups is 1. The summed E-state index contributed by atoms with van der Waals surface area (Å²) in [6.07, 6.45) is 11.3. The van der Waals surface area contributed by atoms with Crippen LogP contribution >= 0.6 is 11.8 Å². The molecule has 0 radical (unpaired) electrons. The minimum Gasteiger partial charge on any atom is -0.338 e. The van der Waals surface area contributed by atoms with Gasteiger partial charge in [-0.15, -0.1) is 0 Å². The number of aryl methyl sites for hydroxylation is 1. The molecule has 0 fully saturated rings. The highest BCUT2D eigenvalue weighted by atomic mass is 32.2. The number of quaternary nitrogens is 1. The Morgan fingerprint density at radius 2 is 1.71 bits per heavy atom. The average Bonchev–Trinajstić information content (AvgIpc) is 3.15. The molecule has 0 spiro atoms. The van der Waals surface area contributed by atoms with Gasteiger partial charge in [-0.3, -0.25) is 0 Å². The van der Waals surface area contributed by atoms with E-state index in [1.807, 2.05) is 11.8 Å². The molecule has 0 bridgehead atoms. The molecule has 1 aliphatic heterocycles. The van der Waals surface area contributed by atoms with Crippen molar-refractivity contribution in [1.82, 2.24) is 4.90 Å². The molecule has 1 aromatic heterocycles. The molecule has 184 valence electrons. The minimum absolute atomic E-state index is 1.05. The van der Waals surface area contributed by atoms with E-state index in [-0.39, 0.29) is 0 Å². The Morgan fingerprint density at radius 3 is 2.51 bits per heavy atom. The van der Waals surface area contributed by atoms with Crippen molar-refractivity contribution in [2.24, 2.45) is 0 Å². The molecule has 0 amide bonds. The van der Waals surface area contributed by atoms with Gasteiger partial charge in [-0.25, -0.2) is 0 Å². The molecule has 1 aliphatic rings. The van der Waals surface area contributed by atoms with Gasteiger partial charge in [-0.1, -0.05) is 48.2 Å². The van der Waals surface area contributed by atoms with E-state index in [0.717, 1.165) is 17.6 Å². The Labute approximate surface area is 215 Å². The SMILES string of the molecule is CN(C)CCC[N+](C)(C)CCC[n+]1ccc(/C=C/C=C2/Sc3ccccc3N2C)c2ccccc21. The van der Waals surface area contributed by atoms with Crippen LogP contribution in [0.2, 0.25) is 0 Å². The van der Waals surface area contributed by atoms with E-state index in [0.29, 0.717) is 0 Å². The second-order valence-electron chi connectivity index (χ2n) is 10.4. The predicted molar refractivity (Wildman–Crippen MR) is 152 cm³/mol. The van der Waals surface area contributed by atoms with Crippen LogP contribution in [0.5, 0.6) is 0 Å². The first-order valence-corrected chi connectivity index (χ1v) is 13.4. The summed E-state index contributed by atoms with van der Waals surface area (Å²) in [5.41, 5.74) is 3.85. The summed E-state index contributed by atoms with van der Waals surface area (Å²) < 4.78 is 3.50. The van der Waals surface area contributed by atoms with Crippen molar-refractivity contribution in [3.63, 3.8) is 0 Å². The number of nitrogens with zero attached hydrogens (tertiary/aromatic N) is 4. The number of para-hydroxylation sites is 2. The summed E-state index contributed by atoms with van der Waals surface area (Å²) in [5.74, 6) is 0. The van der Waals surface area contributed by atoms with Gasteiger partial charge in [0.2, 0.25) is 5.52 Å². The number of benzene rings is 2. The molecule has 4 rings (SSSR count). The van der Waals surface area contributed by atoms with Crippen LogP contribution in [0.4, 0.5) is 5.69 Å². The summed E-state index contributed by atoms with van der Waals surface area (Å²) in [6, 6.07) is 19.6. The predicted octanol–water partition coefficient (Wildman–Crippen LogP) is 5.64. The van der Waals surface area contributed by atoms with Crippen molar-refractivity contribution in [2.45, 2.75) is 24.3 Å². The van der Waals surface area contributed by atoms with E-state index in [4.69, 9.17) is 0 Å². The van der Waals surface area contributed by atoms with Gasteiger partial charge in [0.05, 0.1) is 49.7 Å². The molecule has 2 aromatic carbocycles. The minimum atomic E-state index is 1.05. The first-order chi connectivity index (χ1) is 16.8. The van der Waals surface area contributed by atoms with E-state index < -0.39 is 0 Å². The Hall–Kier alpha value is -2.60. The van der Waals surface area contributed by atoms with Gasteiger partial charge >= 0.3 is 0 Å². The maximum absolute atomic E-state index is 2.42. The lowest BCUT2D eigenvalue weighted by molar-refractivity contribution is -0.892. The fourth-order valence-corrected chi connectivity index (χ4v) is 5.81. The second kappa shape index (κ2) is 11.4. The highest BCUT2D eigenvalue weighted by Gasteiger charge is 2.20. The van der Waals surface area contributed by atoms with Crippen LogP contribution in [-0.4, -0.2) is 64.3 Å². The van der Waals surface area contributed by atoms with Gasteiger partial charge in [0, 0.05) is 37.0 Å². The number of fused-ring (bicyclic) bond motifs is 2. The maximum atomic E-state index is 2.42. The Morgan fingerprint density at radius 1 is 0.971 bits per heavy atom. The van der Waals surface area contributed by atoms with Crippen LogP contribution in [-0.2, 0) is 6.54 Å². The average molecular weight is 489 g/mol. The van der Waals surface area contributed by atoms with Gasteiger partial charge < -0.3 is 14.3 Å². The van der Waals surface area contributed by atoms with Crippen molar-refractivity contribution in [2.75, 3.05) is 59.8 Å². The molecule has 0 saturated carbocycles. The third-order valence-corrected chi connectivity index (χ3v) is 7.96. The summed E-state index contributed by atoms with van der Waals surface area (Å²) >= 11 is 1.83. The number of hydrogen-bond acceptors (Lipinski definition) is 3. The Kier molecular flexibility index (Phi) is 8.32.